The highest BCUT2D eigenvalue weighted by atomic mass is 79.9. The molecule has 0 spiro atoms. The third-order valence-electron chi connectivity index (χ3n) is 1.79. The molecule has 0 saturated heterocycles. The first-order valence-electron chi connectivity index (χ1n) is 4.35. The Morgan fingerprint density at radius 2 is 2.20 bits per heavy atom. The molecule has 0 aliphatic carbocycles. The van der Waals surface area contributed by atoms with Crippen molar-refractivity contribution in [3.05, 3.63) is 44.1 Å². The van der Waals surface area contributed by atoms with E-state index in [4.69, 9.17) is 11.6 Å². The quantitative estimate of drug-likeness (QED) is 0.861. The number of rotatable bonds is 3. The van der Waals surface area contributed by atoms with E-state index in [9.17, 15) is 0 Å². The van der Waals surface area contributed by atoms with Crippen LogP contribution in [0.4, 0.5) is 5.82 Å². The van der Waals surface area contributed by atoms with Crippen LogP contribution in [-0.2, 0) is 6.54 Å². The highest BCUT2D eigenvalue weighted by molar-refractivity contribution is 9.10. The molecule has 78 valence electrons. The standard InChI is InChI=1S/C10H8BrClN2S/c11-8-2-1-3-10(14-8)13-6-7-4-5-9(12)15-7/h1-5H,6H2,(H,13,14). The van der Waals surface area contributed by atoms with E-state index in [1.54, 1.807) is 11.3 Å². The summed E-state index contributed by atoms with van der Waals surface area (Å²) >= 11 is 10.7. The number of halogens is 2. The molecule has 1 N–H and O–H groups in total. The van der Waals surface area contributed by atoms with Crippen LogP contribution < -0.4 is 5.32 Å². The van der Waals surface area contributed by atoms with Crippen molar-refractivity contribution in [3.8, 4) is 0 Å². The second kappa shape index (κ2) is 4.96. The predicted octanol–water partition coefficient (Wildman–Crippen LogP) is 4.17. The van der Waals surface area contributed by atoms with Gasteiger partial charge in [-0.15, -0.1) is 11.3 Å². The molecule has 0 atom stereocenters. The number of thiophene rings is 1. The van der Waals surface area contributed by atoms with E-state index >= 15 is 0 Å². The maximum atomic E-state index is 5.83. The molecule has 0 saturated carbocycles. The molecule has 0 unspecified atom stereocenters. The van der Waals surface area contributed by atoms with E-state index in [0.29, 0.717) is 0 Å². The summed E-state index contributed by atoms with van der Waals surface area (Å²) in [6.45, 7) is 0.751. The lowest BCUT2D eigenvalue weighted by Crippen LogP contribution is -1.99. The van der Waals surface area contributed by atoms with E-state index in [-0.39, 0.29) is 0 Å². The minimum atomic E-state index is 0.751. The zero-order chi connectivity index (χ0) is 10.7. The minimum Gasteiger partial charge on any atom is -0.365 e. The van der Waals surface area contributed by atoms with Crippen LogP contribution in [0.3, 0.4) is 0 Å². The summed E-state index contributed by atoms with van der Waals surface area (Å²) in [6.07, 6.45) is 0. The molecule has 2 aromatic rings. The van der Waals surface area contributed by atoms with E-state index in [1.165, 1.54) is 4.88 Å². The zero-order valence-electron chi connectivity index (χ0n) is 7.71. The van der Waals surface area contributed by atoms with Crippen LogP contribution in [0.2, 0.25) is 4.34 Å². The Hall–Kier alpha value is -0.580. The molecular weight excluding hydrogens is 296 g/mol. The smallest absolute Gasteiger partial charge is 0.127 e. The third-order valence-corrected chi connectivity index (χ3v) is 3.46. The summed E-state index contributed by atoms with van der Waals surface area (Å²) in [5.74, 6) is 0.855. The monoisotopic (exact) mass is 302 g/mol. The molecule has 0 aliphatic rings. The van der Waals surface area contributed by atoms with Crippen molar-refractivity contribution in [1.82, 2.24) is 4.98 Å². The molecule has 5 heteroatoms. The highest BCUT2D eigenvalue weighted by Gasteiger charge is 1.98. The Kier molecular flexibility index (Phi) is 3.61. The maximum absolute atomic E-state index is 5.83. The van der Waals surface area contributed by atoms with E-state index < -0.39 is 0 Å². The topological polar surface area (TPSA) is 24.9 Å². The largest absolute Gasteiger partial charge is 0.365 e. The lowest BCUT2D eigenvalue weighted by Gasteiger charge is -2.03. The number of nitrogens with zero attached hydrogens (tertiary/aromatic N) is 1. The Morgan fingerprint density at radius 3 is 2.87 bits per heavy atom. The van der Waals surface area contributed by atoms with Crippen molar-refractivity contribution in [2.75, 3.05) is 5.32 Å². The van der Waals surface area contributed by atoms with Gasteiger partial charge in [-0.25, -0.2) is 4.98 Å². The minimum absolute atomic E-state index is 0.751. The lowest BCUT2D eigenvalue weighted by atomic mass is 10.4. The molecular formula is C10H8BrClN2S. The van der Waals surface area contributed by atoms with Gasteiger partial charge in [0.25, 0.3) is 0 Å². The second-order valence-corrected chi connectivity index (χ2v) is 5.52. The van der Waals surface area contributed by atoms with Crippen molar-refractivity contribution in [2.24, 2.45) is 0 Å². The number of pyridine rings is 1. The van der Waals surface area contributed by atoms with Gasteiger partial charge in [-0.1, -0.05) is 17.7 Å². The molecule has 0 aliphatic heterocycles. The summed E-state index contributed by atoms with van der Waals surface area (Å²) in [7, 11) is 0. The van der Waals surface area contributed by atoms with Gasteiger partial charge < -0.3 is 5.32 Å². The van der Waals surface area contributed by atoms with Crippen LogP contribution in [0.25, 0.3) is 0 Å². The number of aromatic nitrogens is 1. The van der Waals surface area contributed by atoms with E-state index in [1.807, 2.05) is 30.3 Å². The normalized spacial score (nSPS) is 10.3. The first kappa shape index (κ1) is 10.9. The molecule has 0 radical (unpaired) electrons. The van der Waals surface area contributed by atoms with Crippen molar-refractivity contribution in [3.63, 3.8) is 0 Å². The van der Waals surface area contributed by atoms with Gasteiger partial charge in [0.2, 0.25) is 0 Å². The molecule has 2 rings (SSSR count). The Balaban J connectivity index is 1.99. The van der Waals surface area contributed by atoms with Crippen LogP contribution in [0.15, 0.2) is 34.9 Å². The summed E-state index contributed by atoms with van der Waals surface area (Å²) in [5.41, 5.74) is 0. The number of hydrogen-bond acceptors (Lipinski definition) is 3. The summed E-state index contributed by atoms with van der Waals surface area (Å²) in [6, 6.07) is 9.68. The van der Waals surface area contributed by atoms with Gasteiger partial charge in [0.1, 0.15) is 10.4 Å². The molecule has 2 heterocycles. The fourth-order valence-electron chi connectivity index (χ4n) is 1.13. The zero-order valence-corrected chi connectivity index (χ0v) is 10.9. The highest BCUT2D eigenvalue weighted by Crippen LogP contribution is 2.22. The molecule has 2 aromatic heterocycles. The fourth-order valence-corrected chi connectivity index (χ4v) is 2.50. The van der Waals surface area contributed by atoms with Gasteiger partial charge in [-0.3, -0.25) is 0 Å². The van der Waals surface area contributed by atoms with Crippen LogP contribution in [-0.4, -0.2) is 4.98 Å². The fraction of sp³-hybridized carbons (Fsp3) is 0.100. The lowest BCUT2D eigenvalue weighted by molar-refractivity contribution is 1.13. The van der Waals surface area contributed by atoms with Gasteiger partial charge >= 0.3 is 0 Å². The Morgan fingerprint density at radius 1 is 1.33 bits per heavy atom. The number of nitrogens with one attached hydrogen (secondary N) is 1. The maximum Gasteiger partial charge on any atom is 0.127 e. The van der Waals surface area contributed by atoms with Crippen molar-refractivity contribution in [1.29, 1.82) is 0 Å². The van der Waals surface area contributed by atoms with Crippen molar-refractivity contribution < 1.29 is 0 Å². The summed E-state index contributed by atoms with van der Waals surface area (Å²) in [5, 5.41) is 3.23. The van der Waals surface area contributed by atoms with Crippen LogP contribution in [0, 0.1) is 0 Å². The van der Waals surface area contributed by atoms with Crippen molar-refractivity contribution >= 4 is 44.7 Å². The van der Waals surface area contributed by atoms with Crippen LogP contribution in [0.5, 0.6) is 0 Å². The Bertz CT molecular complexity index is 458. The van der Waals surface area contributed by atoms with Crippen LogP contribution in [0.1, 0.15) is 4.88 Å². The molecule has 0 bridgehead atoms. The molecule has 0 aromatic carbocycles. The third kappa shape index (κ3) is 3.19. The van der Waals surface area contributed by atoms with Gasteiger partial charge in [0, 0.05) is 4.88 Å². The van der Waals surface area contributed by atoms with E-state index in [2.05, 4.69) is 26.2 Å². The summed E-state index contributed by atoms with van der Waals surface area (Å²) < 4.78 is 1.64. The molecule has 0 fully saturated rings. The number of anilines is 1. The molecule has 2 nitrogen and oxygen atoms in total. The van der Waals surface area contributed by atoms with Gasteiger partial charge in [-0.05, 0) is 40.2 Å². The summed E-state index contributed by atoms with van der Waals surface area (Å²) in [4.78, 5) is 5.47. The predicted molar refractivity (Wildman–Crippen MR) is 68.6 cm³/mol. The van der Waals surface area contributed by atoms with Crippen molar-refractivity contribution in [2.45, 2.75) is 6.54 Å². The van der Waals surface area contributed by atoms with E-state index in [0.717, 1.165) is 21.3 Å². The van der Waals surface area contributed by atoms with Gasteiger partial charge in [-0.2, -0.15) is 0 Å². The average Bonchev–Trinajstić information content (AvgIpc) is 2.62. The van der Waals surface area contributed by atoms with Gasteiger partial charge in [0.05, 0.1) is 10.9 Å². The van der Waals surface area contributed by atoms with Crippen LogP contribution >= 0.6 is 38.9 Å². The Labute approximate surface area is 105 Å². The first-order chi connectivity index (χ1) is 7.24. The molecule has 0 amide bonds. The number of hydrogen-bond donors (Lipinski definition) is 1. The SMILES string of the molecule is Clc1ccc(CNc2cccc(Br)n2)s1. The average molecular weight is 304 g/mol. The van der Waals surface area contributed by atoms with Gasteiger partial charge in [0.15, 0.2) is 0 Å². The first-order valence-corrected chi connectivity index (χ1v) is 6.33. The second-order valence-electron chi connectivity index (χ2n) is 2.90. The molecule has 15 heavy (non-hydrogen) atoms.